The maximum absolute atomic E-state index is 12.4. The van der Waals surface area contributed by atoms with E-state index >= 15 is 0 Å². The van der Waals surface area contributed by atoms with Gasteiger partial charge in [0.05, 0.1) is 12.7 Å². The number of hydrogen-bond acceptors (Lipinski definition) is 4. The molecule has 3 aromatic rings. The van der Waals surface area contributed by atoms with E-state index < -0.39 is 0 Å². The Morgan fingerprint density at radius 1 is 1.11 bits per heavy atom. The van der Waals surface area contributed by atoms with Crippen LogP contribution in [0.2, 0.25) is 0 Å². The van der Waals surface area contributed by atoms with Crippen LogP contribution >= 0.6 is 0 Å². The molecule has 1 amide bonds. The Balaban J connectivity index is 1.33. The molecule has 0 spiro atoms. The summed E-state index contributed by atoms with van der Waals surface area (Å²) in [6.07, 6.45) is 3.07. The maximum Gasteiger partial charge on any atom is 0.224 e. The van der Waals surface area contributed by atoms with Crippen LogP contribution in [0.4, 0.5) is 0 Å². The first kappa shape index (κ1) is 18.0. The van der Waals surface area contributed by atoms with Gasteiger partial charge in [0.2, 0.25) is 5.91 Å². The number of amides is 1. The van der Waals surface area contributed by atoms with Gasteiger partial charge in [-0.3, -0.25) is 4.79 Å². The molecular formula is C22H27N3O2. The SMILES string of the molecule is CN1CCN(CCCNC(=O)Cc2coc3ccc4ccccc4c23)CC1. The van der Waals surface area contributed by atoms with Gasteiger partial charge < -0.3 is 19.5 Å². The van der Waals surface area contributed by atoms with Crippen LogP contribution in [0, 0.1) is 0 Å². The van der Waals surface area contributed by atoms with Gasteiger partial charge in [-0.25, -0.2) is 0 Å². The third-order valence-corrected chi connectivity index (χ3v) is 5.46. The summed E-state index contributed by atoms with van der Waals surface area (Å²) in [6.45, 7) is 6.29. The van der Waals surface area contributed by atoms with Gasteiger partial charge in [0, 0.05) is 43.7 Å². The Hall–Kier alpha value is -2.37. The van der Waals surface area contributed by atoms with Gasteiger partial charge >= 0.3 is 0 Å². The zero-order valence-corrected chi connectivity index (χ0v) is 15.9. The fraction of sp³-hybridized carbons (Fsp3) is 0.409. The Labute approximate surface area is 159 Å². The molecule has 2 heterocycles. The third kappa shape index (κ3) is 4.15. The van der Waals surface area contributed by atoms with Crippen LogP contribution in [-0.4, -0.2) is 62.0 Å². The molecule has 0 saturated carbocycles. The van der Waals surface area contributed by atoms with E-state index in [-0.39, 0.29) is 5.91 Å². The Kier molecular flexibility index (Phi) is 5.41. The van der Waals surface area contributed by atoms with Gasteiger partial charge in [-0.2, -0.15) is 0 Å². The molecule has 1 aliphatic rings. The van der Waals surface area contributed by atoms with E-state index in [1.54, 1.807) is 6.26 Å². The minimum absolute atomic E-state index is 0.0593. The first-order valence-electron chi connectivity index (χ1n) is 9.76. The Morgan fingerprint density at radius 3 is 2.78 bits per heavy atom. The summed E-state index contributed by atoms with van der Waals surface area (Å²) in [7, 11) is 2.17. The van der Waals surface area contributed by atoms with Crippen LogP contribution in [0.3, 0.4) is 0 Å². The molecule has 5 nitrogen and oxygen atoms in total. The van der Waals surface area contributed by atoms with E-state index in [0.717, 1.165) is 67.6 Å². The second-order valence-electron chi connectivity index (χ2n) is 7.45. The van der Waals surface area contributed by atoms with Crippen LogP contribution in [0.5, 0.6) is 0 Å². The largest absolute Gasteiger partial charge is 0.464 e. The predicted octanol–water partition coefficient (Wildman–Crippen LogP) is 2.88. The van der Waals surface area contributed by atoms with Gasteiger partial charge in [-0.15, -0.1) is 0 Å². The second-order valence-corrected chi connectivity index (χ2v) is 7.45. The van der Waals surface area contributed by atoms with Crippen LogP contribution < -0.4 is 5.32 Å². The monoisotopic (exact) mass is 365 g/mol. The first-order chi connectivity index (χ1) is 13.2. The van der Waals surface area contributed by atoms with Crippen molar-refractivity contribution in [3.05, 3.63) is 48.2 Å². The molecule has 1 saturated heterocycles. The lowest BCUT2D eigenvalue weighted by molar-refractivity contribution is -0.120. The fourth-order valence-corrected chi connectivity index (χ4v) is 3.84. The minimum Gasteiger partial charge on any atom is -0.464 e. The highest BCUT2D eigenvalue weighted by Crippen LogP contribution is 2.30. The van der Waals surface area contributed by atoms with E-state index in [4.69, 9.17) is 4.42 Å². The summed E-state index contributed by atoms with van der Waals surface area (Å²) in [5.41, 5.74) is 1.80. The van der Waals surface area contributed by atoms with Crippen LogP contribution in [0.25, 0.3) is 21.7 Å². The van der Waals surface area contributed by atoms with Crippen molar-refractivity contribution in [2.45, 2.75) is 12.8 Å². The minimum atomic E-state index is 0.0593. The van der Waals surface area contributed by atoms with Gasteiger partial charge in [0.1, 0.15) is 5.58 Å². The van der Waals surface area contributed by atoms with Crippen molar-refractivity contribution >= 4 is 27.6 Å². The van der Waals surface area contributed by atoms with E-state index in [1.165, 1.54) is 5.39 Å². The summed E-state index contributed by atoms with van der Waals surface area (Å²) in [6, 6.07) is 12.3. The molecule has 0 radical (unpaired) electrons. The van der Waals surface area contributed by atoms with E-state index in [9.17, 15) is 4.79 Å². The number of nitrogens with one attached hydrogen (secondary N) is 1. The molecule has 1 aromatic heterocycles. The number of likely N-dealkylation sites (N-methyl/N-ethyl adjacent to an activating group) is 1. The lowest BCUT2D eigenvalue weighted by Gasteiger charge is -2.32. The van der Waals surface area contributed by atoms with Gasteiger partial charge in [-0.1, -0.05) is 30.3 Å². The summed E-state index contributed by atoms with van der Waals surface area (Å²) in [5.74, 6) is 0.0593. The van der Waals surface area contributed by atoms with Crippen molar-refractivity contribution in [2.24, 2.45) is 0 Å². The average molecular weight is 365 g/mol. The topological polar surface area (TPSA) is 48.7 Å². The van der Waals surface area contributed by atoms with E-state index in [2.05, 4.69) is 40.4 Å². The molecule has 0 unspecified atom stereocenters. The molecule has 1 fully saturated rings. The van der Waals surface area contributed by atoms with E-state index in [0.29, 0.717) is 6.42 Å². The molecule has 1 N–H and O–H groups in total. The quantitative estimate of drug-likeness (QED) is 0.683. The van der Waals surface area contributed by atoms with Crippen LogP contribution in [0.15, 0.2) is 47.1 Å². The number of fused-ring (bicyclic) bond motifs is 3. The van der Waals surface area contributed by atoms with Crippen molar-refractivity contribution in [1.82, 2.24) is 15.1 Å². The van der Waals surface area contributed by atoms with Crippen molar-refractivity contribution < 1.29 is 9.21 Å². The van der Waals surface area contributed by atoms with Crippen molar-refractivity contribution in [1.29, 1.82) is 0 Å². The second kappa shape index (κ2) is 8.11. The number of carbonyl (C=O) groups excluding carboxylic acids is 1. The highest BCUT2D eigenvalue weighted by Gasteiger charge is 2.14. The highest BCUT2D eigenvalue weighted by molar-refractivity contribution is 6.08. The Morgan fingerprint density at radius 2 is 1.93 bits per heavy atom. The van der Waals surface area contributed by atoms with Crippen molar-refractivity contribution in [3.8, 4) is 0 Å². The third-order valence-electron chi connectivity index (χ3n) is 5.46. The molecule has 1 aliphatic heterocycles. The number of benzene rings is 2. The standard InChI is InChI=1S/C22H27N3O2/c1-24-11-13-25(14-12-24)10-4-9-23-21(26)15-18-16-27-20-8-7-17-5-2-3-6-19(17)22(18)20/h2-3,5-8,16H,4,9-15H2,1H3,(H,23,26). The highest BCUT2D eigenvalue weighted by atomic mass is 16.3. The summed E-state index contributed by atoms with van der Waals surface area (Å²) in [4.78, 5) is 17.2. The van der Waals surface area contributed by atoms with Gasteiger partial charge in [0.15, 0.2) is 0 Å². The fourth-order valence-electron chi connectivity index (χ4n) is 3.84. The lowest BCUT2D eigenvalue weighted by atomic mass is 10.0. The molecule has 5 heteroatoms. The maximum atomic E-state index is 12.4. The molecular weight excluding hydrogens is 338 g/mol. The van der Waals surface area contributed by atoms with E-state index in [1.807, 2.05) is 18.2 Å². The zero-order chi connectivity index (χ0) is 18.6. The van der Waals surface area contributed by atoms with Crippen LogP contribution in [-0.2, 0) is 11.2 Å². The number of nitrogens with zero attached hydrogens (tertiary/aromatic N) is 2. The van der Waals surface area contributed by atoms with Crippen molar-refractivity contribution in [2.75, 3.05) is 46.3 Å². The number of furan rings is 1. The Bertz CT molecular complexity index is 926. The zero-order valence-electron chi connectivity index (χ0n) is 15.9. The first-order valence-corrected chi connectivity index (χ1v) is 9.76. The normalized spacial score (nSPS) is 16.2. The average Bonchev–Trinajstić information content (AvgIpc) is 3.10. The van der Waals surface area contributed by atoms with Crippen molar-refractivity contribution in [3.63, 3.8) is 0 Å². The molecule has 142 valence electrons. The number of carbonyl (C=O) groups is 1. The van der Waals surface area contributed by atoms with Gasteiger partial charge in [-0.05, 0) is 36.9 Å². The number of hydrogen-bond donors (Lipinski definition) is 1. The summed E-state index contributed by atoms with van der Waals surface area (Å²) in [5, 5.41) is 6.43. The smallest absolute Gasteiger partial charge is 0.224 e. The number of piperazine rings is 1. The summed E-state index contributed by atoms with van der Waals surface area (Å²) < 4.78 is 5.68. The molecule has 27 heavy (non-hydrogen) atoms. The summed E-state index contributed by atoms with van der Waals surface area (Å²) >= 11 is 0. The predicted molar refractivity (Wildman–Crippen MR) is 109 cm³/mol. The molecule has 4 rings (SSSR count). The molecule has 0 aliphatic carbocycles. The molecule has 0 atom stereocenters. The van der Waals surface area contributed by atoms with Crippen LogP contribution in [0.1, 0.15) is 12.0 Å². The molecule has 0 bridgehead atoms. The van der Waals surface area contributed by atoms with Gasteiger partial charge in [0.25, 0.3) is 0 Å². The molecule has 2 aromatic carbocycles. The number of rotatable bonds is 6. The lowest BCUT2D eigenvalue weighted by Crippen LogP contribution is -2.45.